The molecule has 2 aromatic rings. The molecule has 0 aliphatic carbocycles. The van der Waals surface area contributed by atoms with E-state index in [1.165, 1.54) is 12.1 Å². The molecule has 2 heterocycles. The molecule has 6 nitrogen and oxygen atoms in total. The van der Waals surface area contributed by atoms with Crippen LogP contribution in [0.1, 0.15) is 60.5 Å². The summed E-state index contributed by atoms with van der Waals surface area (Å²) in [4.78, 5) is 12.8. The Labute approximate surface area is 157 Å². The number of nitrogens with one attached hydrogen (secondary N) is 2. The third-order valence-corrected chi connectivity index (χ3v) is 5.05. The molecule has 1 aliphatic rings. The number of aromatic nitrogens is 3. The minimum absolute atomic E-state index is 0.0892. The van der Waals surface area contributed by atoms with E-state index in [0.717, 1.165) is 32.0 Å². The highest BCUT2D eigenvalue weighted by Crippen LogP contribution is 2.26. The van der Waals surface area contributed by atoms with Gasteiger partial charge in [-0.15, -0.1) is 5.10 Å². The van der Waals surface area contributed by atoms with E-state index in [2.05, 4.69) is 20.9 Å². The lowest BCUT2D eigenvalue weighted by Crippen LogP contribution is -2.33. The van der Waals surface area contributed by atoms with Crippen molar-refractivity contribution in [3.63, 3.8) is 0 Å². The quantitative estimate of drug-likeness (QED) is 0.840. The number of rotatable bonds is 5. The smallest absolute Gasteiger partial charge is 0.274 e. The maximum absolute atomic E-state index is 14.2. The van der Waals surface area contributed by atoms with Crippen molar-refractivity contribution >= 4 is 5.91 Å². The lowest BCUT2D eigenvalue weighted by molar-refractivity contribution is 0.0919. The molecule has 27 heavy (non-hydrogen) atoms. The molecule has 8 heteroatoms. The Balaban J connectivity index is 1.81. The first-order chi connectivity index (χ1) is 12.9. The average Bonchev–Trinajstić information content (AvgIpc) is 3.02. The van der Waals surface area contributed by atoms with E-state index < -0.39 is 23.6 Å². The van der Waals surface area contributed by atoms with E-state index in [4.69, 9.17) is 0 Å². The van der Waals surface area contributed by atoms with Gasteiger partial charge in [0, 0.05) is 11.6 Å². The van der Waals surface area contributed by atoms with Gasteiger partial charge in [0.15, 0.2) is 5.69 Å². The molecule has 1 aromatic heterocycles. The van der Waals surface area contributed by atoms with Crippen LogP contribution >= 0.6 is 0 Å². The molecule has 2 N–H and O–H groups in total. The lowest BCUT2D eigenvalue weighted by atomic mass is 9.95. The summed E-state index contributed by atoms with van der Waals surface area (Å²) >= 11 is 0. The highest BCUT2D eigenvalue weighted by molar-refractivity contribution is 5.93. The Hall–Kier alpha value is -2.35. The van der Waals surface area contributed by atoms with Crippen molar-refractivity contribution in [1.82, 2.24) is 25.6 Å². The second-order valence-corrected chi connectivity index (χ2v) is 7.31. The van der Waals surface area contributed by atoms with Crippen molar-refractivity contribution in [1.29, 1.82) is 0 Å². The topological polar surface area (TPSA) is 71.8 Å². The monoisotopic (exact) mass is 377 g/mol. The van der Waals surface area contributed by atoms with Gasteiger partial charge in [0.25, 0.3) is 5.91 Å². The van der Waals surface area contributed by atoms with Crippen LogP contribution in [0, 0.1) is 24.5 Å². The maximum atomic E-state index is 14.2. The lowest BCUT2D eigenvalue weighted by Gasteiger charge is -2.24. The highest BCUT2D eigenvalue weighted by atomic mass is 19.1. The summed E-state index contributed by atoms with van der Waals surface area (Å²) in [6.07, 6.45) is 1.86. The van der Waals surface area contributed by atoms with Gasteiger partial charge in [-0.3, -0.25) is 4.79 Å². The van der Waals surface area contributed by atoms with Gasteiger partial charge in [-0.05, 0) is 44.8 Å². The number of carbonyl (C=O) groups is 1. The van der Waals surface area contributed by atoms with E-state index >= 15 is 0 Å². The molecule has 0 saturated carbocycles. The molecule has 3 rings (SSSR count). The summed E-state index contributed by atoms with van der Waals surface area (Å²) in [6.45, 7) is 7.37. The zero-order valence-electron chi connectivity index (χ0n) is 15.8. The third kappa shape index (κ3) is 4.16. The Kier molecular flexibility index (Phi) is 5.84. The van der Waals surface area contributed by atoms with Crippen LogP contribution in [-0.2, 0) is 0 Å². The summed E-state index contributed by atoms with van der Waals surface area (Å²) in [6, 6.07) is 3.01. The molecule has 0 bridgehead atoms. The first-order valence-electron chi connectivity index (χ1n) is 9.26. The molecular weight excluding hydrogens is 352 g/mol. The van der Waals surface area contributed by atoms with Gasteiger partial charge in [-0.1, -0.05) is 25.1 Å². The first-order valence-corrected chi connectivity index (χ1v) is 9.26. The van der Waals surface area contributed by atoms with Crippen LogP contribution in [0.3, 0.4) is 0 Å². The molecule has 0 radical (unpaired) electrons. The molecule has 1 aliphatic heterocycles. The predicted octanol–water partition coefficient (Wildman–Crippen LogP) is 2.92. The highest BCUT2D eigenvalue weighted by Gasteiger charge is 2.27. The van der Waals surface area contributed by atoms with Gasteiger partial charge in [-0.2, -0.15) is 0 Å². The van der Waals surface area contributed by atoms with E-state index in [0.29, 0.717) is 5.69 Å². The number of carbonyl (C=O) groups excluding carboxylic acids is 1. The fourth-order valence-corrected chi connectivity index (χ4v) is 3.52. The number of halogens is 2. The van der Waals surface area contributed by atoms with E-state index in [9.17, 15) is 13.6 Å². The van der Waals surface area contributed by atoms with E-state index in [-0.39, 0.29) is 23.2 Å². The fraction of sp³-hybridized carbons (Fsp3) is 0.526. The number of hydrogen-bond donors (Lipinski definition) is 2. The summed E-state index contributed by atoms with van der Waals surface area (Å²) in [5.74, 6) is -1.82. The Morgan fingerprint density at radius 1 is 1.30 bits per heavy atom. The zero-order chi connectivity index (χ0) is 19.6. The maximum Gasteiger partial charge on any atom is 0.274 e. The zero-order valence-corrected chi connectivity index (χ0v) is 15.8. The number of benzene rings is 1. The van der Waals surface area contributed by atoms with Gasteiger partial charge >= 0.3 is 0 Å². The molecular formula is C19H25F2N5O. The Morgan fingerprint density at radius 3 is 2.63 bits per heavy atom. The molecule has 0 spiro atoms. The molecule has 1 saturated heterocycles. The van der Waals surface area contributed by atoms with Crippen LogP contribution in [0.5, 0.6) is 0 Å². The van der Waals surface area contributed by atoms with Gasteiger partial charge in [0.05, 0.1) is 17.8 Å². The molecule has 146 valence electrons. The Bertz CT molecular complexity index is 814. The molecule has 1 unspecified atom stereocenters. The molecule has 1 aromatic carbocycles. The Morgan fingerprint density at radius 2 is 2.00 bits per heavy atom. The van der Waals surface area contributed by atoms with Gasteiger partial charge in [0.1, 0.15) is 11.6 Å². The molecule has 1 amide bonds. The van der Waals surface area contributed by atoms with E-state index in [1.807, 2.05) is 20.8 Å². The summed E-state index contributed by atoms with van der Waals surface area (Å²) in [5, 5.41) is 14.4. The normalized spacial score (nSPS) is 16.5. The van der Waals surface area contributed by atoms with Crippen LogP contribution in [0.2, 0.25) is 0 Å². The standard InChI is InChI=1S/C19H25F2N5O/c1-11(2)17(15-5-4-13(20)10-16(15)21)23-19(27)18-12(3)26(25-24-18)14-6-8-22-9-7-14/h4-5,10-11,14,17,22H,6-9H2,1-3H3,(H,23,27). The van der Waals surface area contributed by atoms with Gasteiger partial charge in [0.2, 0.25) is 0 Å². The third-order valence-electron chi connectivity index (χ3n) is 5.05. The van der Waals surface area contributed by atoms with Crippen LogP contribution in [0.15, 0.2) is 18.2 Å². The van der Waals surface area contributed by atoms with Crippen molar-refractivity contribution in [2.45, 2.75) is 45.7 Å². The van der Waals surface area contributed by atoms with Crippen molar-refractivity contribution in [2.75, 3.05) is 13.1 Å². The largest absolute Gasteiger partial charge is 0.343 e. The van der Waals surface area contributed by atoms with Crippen molar-refractivity contribution in [3.05, 3.63) is 46.8 Å². The average molecular weight is 377 g/mol. The number of amides is 1. The number of hydrogen-bond acceptors (Lipinski definition) is 4. The summed E-state index contributed by atoms with van der Waals surface area (Å²) in [7, 11) is 0. The second kappa shape index (κ2) is 8.12. The van der Waals surface area contributed by atoms with Crippen LogP contribution in [0.25, 0.3) is 0 Å². The SMILES string of the molecule is Cc1c(C(=O)NC(c2ccc(F)cc2F)C(C)C)nnn1C1CCNCC1. The van der Waals surface area contributed by atoms with E-state index in [1.54, 1.807) is 4.68 Å². The van der Waals surface area contributed by atoms with Crippen molar-refractivity contribution in [2.24, 2.45) is 5.92 Å². The van der Waals surface area contributed by atoms with Crippen LogP contribution < -0.4 is 10.6 Å². The van der Waals surface area contributed by atoms with Crippen LogP contribution in [0.4, 0.5) is 8.78 Å². The summed E-state index contributed by atoms with van der Waals surface area (Å²) < 4.78 is 29.2. The van der Waals surface area contributed by atoms with Gasteiger partial charge in [-0.25, -0.2) is 13.5 Å². The van der Waals surface area contributed by atoms with Crippen molar-refractivity contribution in [3.8, 4) is 0 Å². The van der Waals surface area contributed by atoms with Crippen LogP contribution in [-0.4, -0.2) is 34.0 Å². The summed E-state index contributed by atoms with van der Waals surface area (Å²) in [5.41, 5.74) is 1.19. The first kappa shape index (κ1) is 19.4. The number of nitrogens with zero attached hydrogens (tertiary/aromatic N) is 3. The van der Waals surface area contributed by atoms with Crippen molar-refractivity contribution < 1.29 is 13.6 Å². The molecule has 1 fully saturated rings. The number of piperidine rings is 1. The van der Waals surface area contributed by atoms with Gasteiger partial charge < -0.3 is 10.6 Å². The minimum atomic E-state index is -0.677. The minimum Gasteiger partial charge on any atom is -0.343 e. The second-order valence-electron chi connectivity index (χ2n) is 7.31. The predicted molar refractivity (Wildman–Crippen MR) is 97.3 cm³/mol. The fourth-order valence-electron chi connectivity index (χ4n) is 3.52. The molecule has 1 atom stereocenters.